The smallest absolute Gasteiger partial charge is 0.475 e. The van der Waals surface area contributed by atoms with E-state index < -0.39 is 24.3 Å². The summed E-state index contributed by atoms with van der Waals surface area (Å²) in [6.07, 6.45) is -2.26. The van der Waals surface area contributed by atoms with E-state index in [4.69, 9.17) is 25.5 Å². The first-order valence-corrected chi connectivity index (χ1v) is 12.6. The molecule has 0 aromatic heterocycles. The number of aliphatic carboxylic acids is 2. The largest absolute Gasteiger partial charge is 0.490 e. The highest BCUT2D eigenvalue weighted by molar-refractivity contribution is 5.74. The highest BCUT2D eigenvalue weighted by Crippen LogP contribution is 2.50. The average Bonchev–Trinajstić information content (AvgIpc) is 3.56. The molecule has 1 heterocycles. The van der Waals surface area contributed by atoms with Crippen LogP contribution in [-0.2, 0) is 14.4 Å². The number of benzene rings is 1. The molecule has 2 atom stereocenters. The number of hydrogen-bond donors (Lipinski definition) is 4. The Bertz CT molecular complexity index is 1020. The second-order valence-corrected chi connectivity index (χ2v) is 10.2. The molecule has 1 aliphatic heterocycles. The lowest BCUT2D eigenvalue weighted by Gasteiger charge is -2.59. The van der Waals surface area contributed by atoms with Crippen LogP contribution in [0.15, 0.2) is 35.9 Å². The third-order valence-electron chi connectivity index (χ3n) is 6.91. The van der Waals surface area contributed by atoms with Gasteiger partial charge in [-0.15, -0.1) is 0 Å². The summed E-state index contributed by atoms with van der Waals surface area (Å²) in [5, 5.41) is 18.1. The summed E-state index contributed by atoms with van der Waals surface area (Å²) in [5.41, 5.74) is 8.68. The molecule has 8 nitrogen and oxygen atoms in total. The first-order valence-electron chi connectivity index (χ1n) is 12.6. The van der Waals surface area contributed by atoms with Gasteiger partial charge in [0, 0.05) is 38.1 Å². The zero-order valence-electron chi connectivity index (χ0n) is 21.8. The number of nitrogens with one attached hydrogen (secondary N) is 1. The van der Waals surface area contributed by atoms with Crippen molar-refractivity contribution in [2.75, 3.05) is 19.6 Å². The van der Waals surface area contributed by atoms with Crippen LogP contribution in [0.1, 0.15) is 44.6 Å². The summed E-state index contributed by atoms with van der Waals surface area (Å²) in [5.74, 6) is -4.97. The molecule has 0 bridgehead atoms. The molecule has 14 heteroatoms. The van der Waals surface area contributed by atoms with Crippen molar-refractivity contribution in [1.29, 1.82) is 0 Å². The number of rotatable bonds is 8. The van der Waals surface area contributed by atoms with Crippen molar-refractivity contribution in [3.8, 4) is 0 Å². The molecule has 1 aromatic rings. The molecular formula is C26H33F6N3O5. The van der Waals surface area contributed by atoms with Crippen LogP contribution in [0, 0.1) is 11.3 Å². The summed E-state index contributed by atoms with van der Waals surface area (Å²) in [4.78, 5) is 31.0. The van der Waals surface area contributed by atoms with E-state index in [0.29, 0.717) is 23.9 Å². The normalized spacial score (nSPS) is 22.0. The van der Waals surface area contributed by atoms with E-state index in [0.717, 1.165) is 32.0 Å². The van der Waals surface area contributed by atoms with E-state index in [2.05, 4.69) is 53.5 Å². The number of nitrogens with zero attached hydrogens (tertiary/aromatic N) is 1. The molecular weight excluding hydrogens is 548 g/mol. The van der Waals surface area contributed by atoms with Gasteiger partial charge in [-0.2, -0.15) is 26.3 Å². The Balaban J connectivity index is 0.000000333. The molecule has 2 aliphatic carbocycles. The van der Waals surface area contributed by atoms with Crippen LogP contribution in [0.4, 0.5) is 26.3 Å². The van der Waals surface area contributed by atoms with Crippen molar-refractivity contribution in [2.45, 2.75) is 63.5 Å². The monoisotopic (exact) mass is 581 g/mol. The fraction of sp³-hybridized carbons (Fsp3) is 0.577. The highest BCUT2D eigenvalue weighted by atomic mass is 19.4. The van der Waals surface area contributed by atoms with E-state index in [1.165, 1.54) is 24.8 Å². The number of primary amides is 1. The zero-order valence-corrected chi connectivity index (χ0v) is 21.8. The molecule has 1 saturated heterocycles. The third kappa shape index (κ3) is 10.5. The summed E-state index contributed by atoms with van der Waals surface area (Å²) >= 11 is 0. The predicted octanol–water partition coefficient (Wildman–Crippen LogP) is 4.06. The SMILES string of the molecule is CC/C(=C\c1ccccc1)[C@@H]1C[C@H]1NC1CC2(C1)CN(CCC(N)=O)C2.O=C(O)C(F)(F)F.O=C(O)C(F)(F)F. The number of carbonyl (C=O) groups excluding carboxylic acids is 1. The molecule has 1 amide bonds. The molecule has 4 rings (SSSR count). The first-order chi connectivity index (χ1) is 18.5. The van der Waals surface area contributed by atoms with Crippen LogP contribution in [-0.4, -0.2) is 77.0 Å². The Kier molecular flexibility index (Phi) is 11.2. The maximum Gasteiger partial charge on any atom is 0.490 e. The second kappa shape index (κ2) is 13.5. The standard InChI is InChI=1S/C22H31N3O.2C2HF3O2/c1-2-17(10-16-6-4-3-5-7-16)19-11-20(19)24-18-12-22(13-18)14-25(15-22)9-8-21(23)26;2*3-2(4,5)1(6)7/h3-7,10,18-20,24H,2,8-9,11-15H2,1H3,(H2,23,26);2*(H,6,7)/b17-10+;;/t19-,20+;;/m0../s1. The van der Waals surface area contributed by atoms with E-state index in [1.54, 1.807) is 5.57 Å². The number of carbonyl (C=O) groups is 3. The van der Waals surface area contributed by atoms with Crippen molar-refractivity contribution in [3.05, 3.63) is 41.5 Å². The van der Waals surface area contributed by atoms with Gasteiger partial charge in [-0.05, 0) is 42.6 Å². The van der Waals surface area contributed by atoms with Gasteiger partial charge < -0.3 is 26.2 Å². The summed E-state index contributed by atoms with van der Waals surface area (Å²) < 4.78 is 63.5. The summed E-state index contributed by atoms with van der Waals surface area (Å²) in [6, 6.07) is 12.1. The van der Waals surface area contributed by atoms with Crippen LogP contribution >= 0.6 is 0 Å². The molecule has 1 spiro atoms. The van der Waals surface area contributed by atoms with Gasteiger partial charge in [0.05, 0.1) is 0 Å². The number of amides is 1. The maximum atomic E-state index is 10.9. The van der Waals surface area contributed by atoms with Crippen LogP contribution in [0.25, 0.3) is 6.08 Å². The Morgan fingerprint density at radius 1 is 1.02 bits per heavy atom. The number of halogens is 6. The molecule has 0 radical (unpaired) electrons. The minimum Gasteiger partial charge on any atom is -0.475 e. The molecule has 0 unspecified atom stereocenters. The van der Waals surface area contributed by atoms with Gasteiger partial charge in [0.25, 0.3) is 0 Å². The van der Waals surface area contributed by atoms with Crippen LogP contribution in [0.3, 0.4) is 0 Å². The van der Waals surface area contributed by atoms with E-state index in [-0.39, 0.29) is 5.91 Å². The van der Waals surface area contributed by atoms with Gasteiger partial charge in [-0.25, -0.2) is 9.59 Å². The Hall–Kier alpha value is -3.13. The molecule has 3 fully saturated rings. The van der Waals surface area contributed by atoms with Gasteiger partial charge in [0.2, 0.25) is 5.91 Å². The van der Waals surface area contributed by atoms with E-state index in [9.17, 15) is 31.1 Å². The van der Waals surface area contributed by atoms with Crippen molar-refractivity contribution in [1.82, 2.24) is 10.2 Å². The van der Waals surface area contributed by atoms with Crippen LogP contribution in [0.2, 0.25) is 0 Å². The fourth-order valence-corrected chi connectivity index (χ4v) is 5.02. The maximum absolute atomic E-state index is 10.9. The zero-order chi connectivity index (χ0) is 30.3. The third-order valence-corrected chi connectivity index (χ3v) is 6.91. The summed E-state index contributed by atoms with van der Waals surface area (Å²) in [6.45, 7) is 5.42. The number of carboxylic acids is 2. The van der Waals surface area contributed by atoms with Crippen molar-refractivity contribution >= 4 is 23.9 Å². The number of likely N-dealkylation sites (tertiary alicyclic amines) is 1. The molecule has 224 valence electrons. The Morgan fingerprint density at radius 2 is 1.52 bits per heavy atom. The van der Waals surface area contributed by atoms with Crippen LogP contribution < -0.4 is 11.1 Å². The lowest BCUT2D eigenvalue weighted by molar-refractivity contribution is -0.193. The van der Waals surface area contributed by atoms with E-state index >= 15 is 0 Å². The van der Waals surface area contributed by atoms with Gasteiger partial charge >= 0.3 is 24.3 Å². The topological polar surface area (TPSA) is 133 Å². The number of alkyl halides is 6. The molecule has 3 aliphatic rings. The van der Waals surface area contributed by atoms with Crippen molar-refractivity contribution in [3.63, 3.8) is 0 Å². The van der Waals surface area contributed by atoms with Crippen molar-refractivity contribution in [2.24, 2.45) is 17.1 Å². The first kappa shape index (κ1) is 33.1. The van der Waals surface area contributed by atoms with Gasteiger partial charge in [0.15, 0.2) is 0 Å². The Labute approximate surface area is 227 Å². The predicted molar refractivity (Wildman–Crippen MR) is 133 cm³/mol. The molecule has 5 N–H and O–H groups in total. The number of carboxylic acid groups (broad SMARTS) is 2. The minimum atomic E-state index is -5.08. The number of nitrogens with two attached hydrogens (primary N) is 1. The molecule has 1 aromatic carbocycles. The minimum absolute atomic E-state index is 0.186. The summed E-state index contributed by atoms with van der Waals surface area (Å²) in [7, 11) is 0. The molecule has 2 saturated carbocycles. The second-order valence-electron chi connectivity index (χ2n) is 10.2. The van der Waals surface area contributed by atoms with Crippen LogP contribution in [0.5, 0.6) is 0 Å². The lowest BCUT2D eigenvalue weighted by atomic mass is 9.60. The fourth-order valence-electron chi connectivity index (χ4n) is 5.02. The quantitative estimate of drug-likeness (QED) is 0.341. The van der Waals surface area contributed by atoms with Crippen molar-refractivity contribution < 1.29 is 50.9 Å². The number of hydrogen-bond acceptors (Lipinski definition) is 5. The highest BCUT2D eigenvalue weighted by Gasteiger charge is 2.53. The van der Waals surface area contributed by atoms with Gasteiger partial charge in [-0.3, -0.25) is 4.79 Å². The van der Waals surface area contributed by atoms with Gasteiger partial charge in [-0.1, -0.05) is 48.9 Å². The average molecular weight is 582 g/mol. The Morgan fingerprint density at radius 3 is 1.95 bits per heavy atom. The lowest BCUT2D eigenvalue weighted by Crippen LogP contribution is -2.66. The van der Waals surface area contributed by atoms with E-state index in [1.807, 2.05) is 0 Å². The molecule has 40 heavy (non-hydrogen) atoms. The van der Waals surface area contributed by atoms with Gasteiger partial charge in [0.1, 0.15) is 0 Å².